The molecule has 0 bridgehead atoms. The van der Waals surface area contributed by atoms with E-state index < -0.39 is 11.6 Å². The number of halogens is 2. The molecule has 1 aliphatic rings. The van der Waals surface area contributed by atoms with E-state index in [4.69, 9.17) is 0 Å². The lowest BCUT2D eigenvalue weighted by Crippen LogP contribution is -2.09. The Morgan fingerprint density at radius 3 is 2.67 bits per heavy atom. The molecule has 1 N–H and O–H groups in total. The number of rotatable bonds is 2. The van der Waals surface area contributed by atoms with Gasteiger partial charge >= 0.3 is 0 Å². The smallest absolute Gasteiger partial charge is 0.161 e. The Bertz CT molecular complexity index is 686. The molecule has 1 aliphatic heterocycles. The lowest BCUT2D eigenvalue weighted by Gasteiger charge is -2.11. The summed E-state index contributed by atoms with van der Waals surface area (Å²) in [5.41, 5.74) is 1.44. The summed E-state index contributed by atoms with van der Waals surface area (Å²) in [5.74, 6) is -1.17. The lowest BCUT2D eigenvalue weighted by atomic mass is 10.1. The molecule has 1 unspecified atom stereocenters. The number of aryl methyl sites for hydroxylation is 1. The van der Waals surface area contributed by atoms with Crippen LogP contribution in [0.15, 0.2) is 47.5 Å². The fourth-order valence-electron chi connectivity index (χ4n) is 2.16. The Kier molecular flexibility index (Phi) is 3.92. The third-order valence-corrected chi connectivity index (χ3v) is 4.50. The molecule has 1 atom stereocenters. The fraction of sp³-hybridized carbons (Fsp3) is 0.188. The molecule has 2 aromatic carbocycles. The molecular formula is C16H14F2N2S. The van der Waals surface area contributed by atoms with Gasteiger partial charge in [-0.3, -0.25) is 4.99 Å². The second-order valence-electron chi connectivity index (χ2n) is 4.84. The van der Waals surface area contributed by atoms with Crippen molar-refractivity contribution in [2.75, 3.05) is 11.9 Å². The van der Waals surface area contributed by atoms with Gasteiger partial charge in [0.1, 0.15) is 11.5 Å². The van der Waals surface area contributed by atoms with E-state index >= 15 is 0 Å². The van der Waals surface area contributed by atoms with Crippen LogP contribution >= 0.6 is 11.8 Å². The van der Waals surface area contributed by atoms with Gasteiger partial charge in [0.2, 0.25) is 0 Å². The molecule has 0 saturated carbocycles. The predicted molar refractivity (Wildman–Crippen MR) is 83.8 cm³/mol. The van der Waals surface area contributed by atoms with E-state index in [1.165, 1.54) is 23.9 Å². The summed E-state index contributed by atoms with van der Waals surface area (Å²) in [5, 5.41) is 3.51. The van der Waals surface area contributed by atoms with Crippen molar-refractivity contribution in [1.82, 2.24) is 0 Å². The average molecular weight is 304 g/mol. The van der Waals surface area contributed by atoms with Gasteiger partial charge in [-0.1, -0.05) is 48.2 Å². The Balaban J connectivity index is 1.75. The molecule has 0 amide bonds. The van der Waals surface area contributed by atoms with E-state index in [9.17, 15) is 8.78 Å². The van der Waals surface area contributed by atoms with Crippen LogP contribution in [0.1, 0.15) is 16.4 Å². The first kappa shape index (κ1) is 14.1. The molecule has 0 aromatic heterocycles. The third kappa shape index (κ3) is 2.93. The molecule has 108 valence electrons. The largest absolute Gasteiger partial charge is 0.330 e. The standard InChI is InChI=1S/C16H14F2N2S/c1-10-7-8-12(17)15(14(10)18)20-16-19-9-13(21-16)11-5-3-2-4-6-11/h2-8,13H,9H2,1H3,(H,19,20). The summed E-state index contributed by atoms with van der Waals surface area (Å²) < 4.78 is 27.7. The third-order valence-electron chi connectivity index (χ3n) is 3.34. The number of hydrogen-bond donors (Lipinski definition) is 1. The first-order valence-electron chi connectivity index (χ1n) is 6.63. The predicted octanol–water partition coefficient (Wildman–Crippen LogP) is 4.53. The topological polar surface area (TPSA) is 24.4 Å². The van der Waals surface area contributed by atoms with E-state index in [1.54, 1.807) is 6.92 Å². The summed E-state index contributed by atoms with van der Waals surface area (Å²) in [6, 6.07) is 12.7. The number of aliphatic imine (C=N–C) groups is 1. The average Bonchev–Trinajstić information content (AvgIpc) is 2.97. The van der Waals surface area contributed by atoms with Crippen LogP contribution in [0.25, 0.3) is 0 Å². The summed E-state index contributed by atoms with van der Waals surface area (Å²) in [6.45, 7) is 2.21. The highest BCUT2D eigenvalue weighted by Gasteiger charge is 2.23. The quantitative estimate of drug-likeness (QED) is 0.881. The van der Waals surface area contributed by atoms with Crippen LogP contribution in [-0.4, -0.2) is 11.7 Å². The number of nitrogens with one attached hydrogen (secondary N) is 1. The maximum absolute atomic E-state index is 14.0. The first-order valence-corrected chi connectivity index (χ1v) is 7.51. The maximum Gasteiger partial charge on any atom is 0.161 e. The Hall–Kier alpha value is -1.88. The van der Waals surface area contributed by atoms with E-state index in [0.29, 0.717) is 17.3 Å². The Labute approximate surface area is 126 Å². The second kappa shape index (κ2) is 5.85. The van der Waals surface area contributed by atoms with Gasteiger partial charge < -0.3 is 5.32 Å². The number of nitrogens with zero attached hydrogens (tertiary/aromatic N) is 1. The van der Waals surface area contributed by atoms with Crippen LogP contribution in [0.3, 0.4) is 0 Å². The van der Waals surface area contributed by atoms with E-state index in [1.807, 2.05) is 30.3 Å². The highest BCUT2D eigenvalue weighted by Crippen LogP contribution is 2.36. The lowest BCUT2D eigenvalue weighted by molar-refractivity contribution is 0.585. The van der Waals surface area contributed by atoms with Crippen molar-refractivity contribution < 1.29 is 8.78 Å². The van der Waals surface area contributed by atoms with Crippen LogP contribution in [0, 0.1) is 18.6 Å². The minimum Gasteiger partial charge on any atom is -0.330 e. The van der Waals surface area contributed by atoms with Gasteiger partial charge in [-0.2, -0.15) is 0 Å². The van der Waals surface area contributed by atoms with Crippen molar-refractivity contribution in [2.45, 2.75) is 12.2 Å². The zero-order chi connectivity index (χ0) is 14.8. The molecule has 0 radical (unpaired) electrons. The van der Waals surface area contributed by atoms with Gasteiger partial charge in [-0.15, -0.1) is 0 Å². The molecule has 2 nitrogen and oxygen atoms in total. The number of thioether (sulfide) groups is 1. The fourth-order valence-corrected chi connectivity index (χ4v) is 3.19. The van der Waals surface area contributed by atoms with Crippen molar-refractivity contribution in [1.29, 1.82) is 0 Å². The van der Waals surface area contributed by atoms with Gasteiger partial charge in [0.15, 0.2) is 11.0 Å². The van der Waals surface area contributed by atoms with Gasteiger partial charge in [-0.05, 0) is 24.1 Å². The van der Waals surface area contributed by atoms with Crippen molar-refractivity contribution >= 4 is 22.6 Å². The molecule has 0 aliphatic carbocycles. The number of benzene rings is 2. The number of anilines is 1. The minimum atomic E-state index is -0.607. The van der Waals surface area contributed by atoms with Gasteiger partial charge in [0.05, 0.1) is 11.8 Å². The van der Waals surface area contributed by atoms with Crippen LogP contribution in [-0.2, 0) is 0 Å². The van der Waals surface area contributed by atoms with Gasteiger partial charge in [0.25, 0.3) is 0 Å². The second-order valence-corrected chi connectivity index (χ2v) is 6.03. The van der Waals surface area contributed by atoms with Crippen LogP contribution in [0.5, 0.6) is 0 Å². The highest BCUT2D eigenvalue weighted by atomic mass is 32.2. The van der Waals surface area contributed by atoms with Crippen LogP contribution in [0.2, 0.25) is 0 Å². The highest BCUT2D eigenvalue weighted by molar-refractivity contribution is 8.14. The summed E-state index contributed by atoms with van der Waals surface area (Å²) >= 11 is 1.49. The molecular weight excluding hydrogens is 290 g/mol. The van der Waals surface area contributed by atoms with Crippen molar-refractivity contribution in [3.8, 4) is 0 Å². The zero-order valence-electron chi connectivity index (χ0n) is 11.4. The van der Waals surface area contributed by atoms with Gasteiger partial charge in [-0.25, -0.2) is 8.78 Å². The van der Waals surface area contributed by atoms with Crippen molar-refractivity contribution in [3.05, 3.63) is 65.2 Å². The molecule has 2 aromatic rings. The maximum atomic E-state index is 14.0. The van der Waals surface area contributed by atoms with Crippen LogP contribution < -0.4 is 5.32 Å². The van der Waals surface area contributed by atoms with E-state index in [0.717, 1.165) is 5.56 Å². The van der Waals surface area contributed by atoms with Gasteiger partial charge in [0, 0.05) is 0 Å². The molecule has 21 heavy (non-hydrogen) atoms. The zero-order valence-corrected chi connectivity index (χ0v) is 12.3. The van der Waals surface area contributed by atoms with Crippen LogP contribution in [0.4, 0.5) is 14.5 Å². The van der Waals surface area contributed by atoms with E-state index in [-0.39, 0.29) is 10.9 Å². The summed E-state index contributed by atoms with van der Waals surface area (Å²) in [7, 11) is 0. The molecule has 0 fully saturated rings. The molecule has 5 heteroatoms. The normalized spacial score (nSPS) is 17.7. The monoisotopic (exact) mass is 304 g/mol. The molecule has 0 spiro atoms. The minimum absolute atomic E-state index is 0.130. The first-order chi connectivity index (χ1) is 10.1. The molecule has 3 rings (SSSR count). The SMILES string of the molecule is Cc1ccc(F)c(NC2=NCC(c3ccccc3)S2)c1F. The van der Waals surface area contributed by atoms with E-state index in [2.05, 4.69) is 10.3 Å². The molecule has 1 heterocycles. The summed E-state index contributed by atoms with van der Waals surface area (Å²) in [6.07, 6.45) is 0. The molecule has 0 saturated heterocycles. The number of hydrogen-bond acceptors (Lipinski definition) is 3. The Morgan fingerprint density at radius 1 is 1.14 bits per heavy atom. The van der Waals surface area contributed by atoms with Crippen molar-refractivity contribution in [3.63, 3.8) is 0 Å². The number of amidine groups is 1. The van der Waals surface area contributed by atoms with Crippen molar-refractivity contribution in [2.24, 2.45) is 4.99 Å². The Morgan fingerprint density at radius 2 is 1.90 bits per heavy atom. The summed E-state index contributed by atoms with van der Waals surface area (Å²) in [4.78, 5) is 4.34.